The highest BCUT2D eigenvalue weighted by atomic mass is 79.9. The van der Waals surface area contributed by atoms with Gasteiger partial charge in [0.2, 0.25) is 0 Å². The molecule has 0 aromatic heterocycles. The summed E-state index contributed by atoms with van der Waals surface area (Å²) in [4.78, 5) is 13.8. The van der Waals surface area contributed by atoms with Gasteiger partial charge < -0.3 is 10.6 Å². The van der Waals surface area contributed by atoms with Gasteiger partial charge in [-0.1, -0.05) is 22.0 Å². The molecule has 0 aliphatic carbocycles. The van der Waals surface area contributed by atoms with E-state index in [9.17, 15) is 4.79 Å². The lowest BCUT2D eigenvalue weighted by atomic mass is 10.1. The molecule has 0 unspecified atom stereocenters. The first-order valence-corrected chi connectivity index (χ1v) is 6.27. The molecule has 0 spiro atoms. The van der Waals surface area contributed by atoms with Crippen LogP contribution in [0.15, 0.2) is 35.3 Å². The largest absolute Gasteiger partial charge is 0.398 e. The van der Waals surface area contributed by atoms with Crippen molar-refractivity contribution in [2.45, 2.75) is 12.8 Å². The molecule has 0 bridgehead atoms. The fraction of sp³-hybridized carbons (Fsp3) is 0.308. The molecular formula is C13H17BrN2O. The molecule has 0 fully saturated rings. The van der Waals surface area contributed by atoms with Crippen LogP contribution in [-0.2, 0) is 0 Å². The zero-order valence-electron chi connectivity index (χ0n) is 9.95. The van der Waals surface area contributed by atoms with E-state index in [0.29, 0.717) is 17.8 Å². The number of benzene rings is 1. The van der Waals surface area contributed by atoms with Crippen molar-refractivity contribution in [3.63, 3.8) is 0 Å². The van der Waals surface area contributed by atoms with Crippen molar-refractivity contribution in [3.8, 4) is 0 Å². The van der Waals surface area contributed by atoms with Gasteiger partial charge in [0.15, 0.2) is 0 Å². The van der Waals surface area contributed by atoms with Crippen molar-refractivity contribution in [2.24, 2.45) is 0 Å². The molecular weight excluding hydrogens is 280 g/mol. The van der Waals surface area contributed by atoms with E-state index in [-0.39, 0.29) is 5.91 Å². The Balaban J connectivity index is 2.74. The van der Waals surface area contributed by atoms with Crippen LogP contribution >= 0.6 is 15.9 Å². The van der Waals surface area contributed by atoms with Gasteiger partial charge in [-0.15, -0.1) is 6.58 Å². The second kappa shape index (κ2) is 6.45. The molecule has 1 amide bonds. The SMILES string of the molecule is C=CCCCN(C)C(=O)c1cc(Br)ccc1N. The number of anilines is 1. The van der Waals surface area contributed by atoms with Crippen molar-refractivity contribution < 1.29 is 4.79 Å². The van der Waals surface area contributed by atoms with E-state index in [1.54, 1.807) is 24.1 Å². The monoisotopic (exact) mass is 296 g/mol. The molecule has 1 rings (SSSR count). The summed E-state index contributed by atoms with van der Waals surface area (Å²) in [5.74, 6) is -0.0483. The van der Waals surface area contributed by atoms with Crippen molar-refractivity contribution in [3.05, 3.63) is 40.9 Å². The highest BCUT2D eigenvalue weighted by Gasteiger charge is 2.14. The van der Waals surface area contributed by atoms with Crippen molar-refractivity contribution in [1.29, 1.82) is 0 Å². The fourth-order valence-electron chi connectivity index (χ4n) is 1.49. The van der Waals surface area contributed by atoms with Crippen molar-refractivity contribution in [1.82, 2.24) is 4.90 Å². The highest BCUT2D eigenvalue weighted by Crippen LogP contribution is 2.19. The Bertz CT molecular complexity index is 418. The third-order valence-electron chi connectivity index (χ3n) is 2.49. The number of nitrogen functional groups attached to an aromatic ring is 1. The summed E-state index contributed by atoms with van der Waals surface area (Å²) in [7, 11) is 1.78. The second-order valence-electron chi connectivity index (χ2n) is 3.89. The van der Waals surface area contributed by atoms with E-state index in [1.165, 1.54) is 0 Å². The number of amides is 1. The molecule has 0 heterocycles. The number of unbranched alkanes of at least 4 members (excludes halogenated alkanes) is 1. The Morgan fingerprint density at radius 2 is 2.29 bits per heavy atom. The number of rotatable bonds is 5. The molecule has 0 atom stereocenters. The molecule has 0 saturated heterocycles. The van der Waals surface area contributed by atoms with Crippen LogP contribution in [0.3, 0.4) is 0 Å². The number of carbonyl (C=O) groups is 1. The van der Waals surface area contributed by atoms with E-state index >= 15 is 0 Å². The van der Waals surface area contributed by atoms with Gasteiger partial charge >= 0.3 is 0 Å². The number of hydrogen-bond donors (Lipinski definition) is 1. The van der Waals surface area contributed by atoms with Crippen LogP contribution in [0.1, 0.15) is 23.2 Å². The zero-order valence-corrected chi connectivity index (χ0v) is 11.5. The smallest absolute Gasteiger partial charge is 0.255 e. The molecule has 0 radical (unpaired) electrons. The van der Waals surface area contributed by atoms with Crippen LogP contribution in [0.5, 0.6) is 0 Å². The summed E-state index contributed by atoms with van der Waals surface area (Å²) in [6.45, 7) is 4.36. The van der Waals surface area contributed by atoms with Crippen LogP contribution in [0.25, 0.3) is 0 Å². The number of nitrogens with zero attached hydrogens (tertiary/aromatic N) is 1. The van der Waals surface area contributed by atoms with Gasteiger partial charge in [0.1, 0.15) is 0 Å². The predicted octanol–water partition coefficient (Wildman–Crippen LogP) is 3.07. The minimum absolute atomic E-state index is 0.0483. The summed E-state index contributed by atoms with van der Waals surface area (Å²) in [5.41, 5.74) is 6.85. The average molecular weight is 297 g/mol. The molecule has 2 N–H and O–H groups in total. The van der Waals surface area contributed by atoms with Crippen molar-refractivity contribution in [2.75, 3.05) is 19.3 Å². The molecule has 0 aliphatic rings. The first kappa shape index (κ1) is 13.8. The fourth-order valence-corrected chi connectivity index (χ4v) is 1.85. The Labute approximate surface area is 110 Å². The first-order chi connectivity index (χ1) is 8.06. The summed E-state index contributed by atoms with van der Waals surface area (Å²) >= 11 is 3.34. The van der Waals surface area contributed by atoms with E-state index < -0.39 is 0 Å². The lowest BCUT2D eigenvalue weighted by Gasteiger charge is -2.18. The minimum atomic E-state index is -0.0483. The highest BCUT2D eigenvalue weighted by molar-refractivity contribution is 9.10. The predicted molar refractivity (Wildman–Crippen MR) is 74.9 cm³/mol. The van der Waals surface area contributed by atoms with Crippen LogP contribution in [0, 0.1) is 0 Å². The topological polar surface area (TPSA) is 46.3 Å². The number of allylic oxidation sites excluding steroid dienone is 1. The van der Waals surface area contributed by atoms with E-state index in [2.05, 4.69) is 22.5 Å². The average Bonchev–Trinajstić information content (AvgIpc) is 2.31. The third kappa shape index (κ3) is 3.89. The van der Waals surface area contributed by atoms with Gasteiger partial charge in [0, 0.05) is 23.8 Å². The number of nitrogens with two attached hydrogens (primary N) is 1. The first-order valence-electron chi connectivity index (χ1n) is 5.47. The number of halogens is 1. The van der Waals surface area contributed by atoms with Gasteiger partial charge in [-0.3, -0.25) is 4.79 Å². The molecule has 1 aromatic carbocycles. The summed E-state index contributed by atoms with van der Waals surface area (Å²) in [5, 5.41) is 0. The van der Waals surface area contributed by atoms with Crippen molar-refractivity contribution >= 4 is 27.5 Å². The summed E-state index contributed by atoms with van der Waals surface area (Å²) in [6, 6.07) is 5.31. The van der Waals surface area contributed by atoms with Gasteiger partial charge in [-0.2, -0.15) is 0 Å². The molecule has 92 valence electrons. The molecule has 3 nitrogen and oxygen atoms in total. The Hall–Kier alpha value is -1.29. The summed E-state index contributed by atoms with van der Waals surface area (Å²) in [6.07, 6.45) is 3.68. The number of carbonyl (C=O) groups excluding carboxylic acids is 1. The maximum Gasteiger partial charge on any atom is 0.255 e. The summed E-state index contributed by atoms with van der Waals surface area (Å²) < 4.78 is 0.856. The van der Waals surface area contributed by atoms with Gasteiger partial charge in [0.25, 0.3) is 5.91 Å². The number of hydrogen-bond acceptors (Lipinski definition) is 2. The van der Waals surface area contributed by atoms with E-state index in [1.807, 2.05) is 12.1 Å². The Kier molecular flexibility index (Phi) is 5.22. The van der Waals surface area contributed by atoms with Gasteiger partial charge in [0.05, 0.1) is 5.56 Å². The lowest BCUT2D eigenvalue weighted by molar-refractivity contribution is 0.0795. The Morgan fingerprint density at radius 1 is 1.59 bits per heavy atom. The Morgan fingerprint density at radius 3 is 2.94 bits per heavy atom. The van der Waals surface area contributed by atoms with Gasteiger partial charge in [-0.25, -0.2) is 0 Å². The van der Waals surface area contributed by atoms with Crippen LogP contribution in [0.2, 0.25) is 0 Å². The van der Waals surface area contributed by atoms with Crippen LogP contribution in [-0.4, -0.2) is 24.4 Å². The maximum absolute atomic E-state index is 12.1. The third-order valence-corrected chi connectivity index (χ3v) is 2.99. The normalized spacial score (nSPS) is 10.0. The van der Waals surface area contributed by atoms with E-state index in [0.717, 1.165) is 17.3 Å². The minimum Gasteiger partial charge on any atom is -0.398 e. The maximum atomic E-state index is 12.1. The van der Waals surface area contributed by atoms with Gasteiger partial charge in [-0.05, 0) is 31.0 Å². The molecule has 1 aromatic rings. The van der Waals surface area contributed by atoms with Crippen LogP contribution in [0.4, 0.5) is 5.69 Å². The molecule has 17 heavy (non-hydrogen) atoms. The second-order valence-corrected chi connectivity index (χ2v) is 4.80. The zero-order chi connectivity index (χ0) is 12.8. The van der Waals surface area contributed by atoms with E-state index in [4.69, 9.17) is 5.73 Å². The molecule has 0 aliphatic heterocycles. The van der Waals surface area contributed by atoms with Crippen LogP contribution < -0.4 is 5.73 Å². The quantitative estimate of drug-likeness (QED) is 0.516. The molecule has 0 saturated carbocycles. The standard InChI is InChI=1S/C13H17BrN2O/c1-3-4-5-8-16(2)13(17)11-9-10(14)6-7-12(11)15/h3,6-7,9H,1,4-5,8,15H2,2H3. The lowest BCUT2D eigenvalue weighted by Crippen LogP contribution is -2.28. The molecule has 4 heteroatoms.